The Morgan fingerprint density at radius 2 is 1.79 bits per heavy atom. The van der Waals surface area contributed by atoms with Gasteiger partial charge in [-0.1, -0.05) is 0 Å². The Hall–Kier alpha value is -3.02. The molecule has 2 heterocycles. The number of aryl methyl sites for hydroxylation is 1. The topological polar surface area (TPSA) is 76.6 Å². The van der Waals surface area contributed by atoms with E-state index in [1.165, 1.54) is 36.2 Å². The highest BCUT2D eigenvalue weighted by Crippen LogP contribution is 2.32. The maximum absolute atomic E-state index is 12.5. The Morgan fingerprint density at radius 3 is 2.46 bits per heavy atom. The number of ether oxygens (including phenoxy) is 1. The molecule has 3 rings (SSSR count). The van der Waals surface area contributed by atoms with E-state index in [2.05, 4.69) is 4.98 Å². The van der Waals surface area contributed by atoms with E-state index in [1.54, 1.807) is 19.1 Å². The third-order valence-electron chi connectivity index (χ3n) is 3.83. The van der Waals surface area contributed by atoms with Crippen LogP contribution in [-0.4, -0.2) is 35.6 Å². The molecule has 1 aromatic heterocycles. The van der Waals surface area contributed by atoms with Gasteiger partial charge >= 0.3 is 0 Å². The summed E-state index contributed by atoms with van der Waals surface area (Å²) in [6, 6.07) is 7.77. The fraction of sp³-hybridized carbons (Fsp3) is 0.222. The average molecular weight is 324 g/mol. The number of pyridine rings is 1. The van der Waals surface area contributed by atoms with Gasteiger partial charge in [0.1, 0.15) is 12.4 Å². The van der Waals surface area contributed by atoms with Gasteiger partial charge in [0.15, 0.2) is 0 Å². The predicted octanol–water partition coefficient (Wildman–Crippen LogP) is 2.20. The number of hydrogen-bond donors (Lipinski definition) is 0. The van der Waals surface area contributed by atoms with Gasteiger partial charge < -0.3 is 9.64 Å². The lowest BCUT2D eigenvalue weighted by atomic mass is 10.0. The highest BCUT2D eigenvalue weighted by atomic mass is 16.5. The van der Waals surface area contributed by atoms with E-state index in [0.29, 0.717) is 35.8 Å². The molecule has 6 heteroatoms. The van der Waals surface area contributed by atoms with Crippen molar-refractivity contribution in [3.05, 3.63) is 53.3 Å². The van der Waals surface area contributed by atoms with E-state index in [4.69, 9.17) is 4.74 Å². The summed E-state index contributed by atoms with van der Waals surface area (Å²) in [4.78, 5) is 42.2. The van der Waals surface area contributed by atoms with Crippen molar-refractivity contribution in [1.29, 1.82) is 0 Å². The Kier molecular flexibility index (Phi) is 4.12. The minimum atomic E-state index is -0.627. The molecule has 1 aliphatic rings. The molecule has 1 aliphatic heterocycles. The first kappa shape index (κ1) is 15.9. The summed E-state index contributed by atoms with van der Waals surface area (Å²) in [7, 11) is 0. The number of hydrogen-bond acceptors (Lipinski definition) is 5. The van der Waals surface area contributed by atoms with E-state index in [0.717, 1.165) is 0 Å². The van der Waals surface area contributed by atoms with Crippen LogP contribution in [0.25, 0.3) is 0 Å². The Labute approximate surface area is 139 Å². The molecule has 1 aromatic carbocycles. The maximum Gasteiger partial charge on any atom is 0.233 e. The molecule has 2 aromatic rings. The number of carbonyl (C=O) groups is 3. The number of amides is 1. The number of carbonyl (C=O) groups excluding carboxylic acids is 3. The second-order valence-corrected chi connectivity index (χ2v) is 5.55. The minimum absolute atomic E-state index is 0.139. The molecule has 0 unspecified atom stereocenters. The lowest BCUT2D eigenvalue weighted by Gasteiger charge is -2.28. The average Bonchev–Trinajstić information content (AvgIpc) is 2.59. The molecular weight excluding hydrogens is 308 g/mol. The maximum atomic E-state index is 12.5. The van der Waals surface area contributed by atoms with Gasteiger partial charge in [0.05, 0.1) is 12.2 Å². The van der Waals surface area contributed by atoms with Crippen molar-refractivity contribution in [2.75, 3.05) is 18.1 Å². The number of anilines is 1. The van der Waals surface area contributed by atoms with E-state index >= 15 is 0 Å². The van der Waals surface area contributed by atoms with Gasteiger partial charge in [-0.05, 0) is 37.3 Å². The van der Waals surface area contributed by atoms with E-state index in [9.17, 15) is 14.4 Å². The van der Waals surface area contributed by atoms with Crippen molar-refractivity contribution in [3.63, 3.8) is 0 Å². The van der Waals surface area contributed by atoms with Crippen LogP contribution in [0.3, 0.4) is 0 Å². The number of ketones is 2. The van der Waals surface area contributed by atoms with Crippen LogP contribution in [0.15, 0.2) is 36.5 Å². The van der Waals surface area contributed by atoms with Crippen LogP contribution in [0, 0.1) is 6.92 Å². The second-order valence-electron chi connectivity index (χ2n) is 5.55. The lowest BCUT2D eigenvalue weighted by molar-refractivity contribution is -0.116. The quantitative estimate of drug-likeness (QED) is 0.639. The van der Waals surface area contributed by atoms with Crippen molar-refractivity contribution < 1.29 is 19.1 Å². The van der Waals surface area contributed by atoms with Gasteiger partial charge in [-0.15, -0.1) is 0 Å². The fourth-order valence-electron chi connectivity index (χ4n) is 2.64. The Morgan fingerprint density at radius 1 is 1.08 bits per heavy atom. The molecular formula is C18H16N2O4. The summed E-state index contributed by atoms with van der Waals surface area (Å²) < 4.78 is 5.50. The zero-order valence-electron chi connectivity index (χ0n) is 13.4. The monoisotopic (exact) mass is 324 g/mol. The number of rotatable bonds is 3. The van der Waals surface area contributed by atoms with Crippen LogP contribution in [0.2, 0.25) is 0 Å². The summed E-state index contributed by atoms with van der Waals surface area (Å²) in [6.07, 6.45) is 1.49. The molecule has 0 aliphatic carbocycles. The number of aromatic nitrogens is 1. The van der Waals surface area contributed by atoms with Crippen LogP contribution in [0.5, 0.6) is 5.75 Å². The van der Waals surface area contributed by atoms with Gasteiger partial charge in [0.25, 0.3) is 0 Å². The van der Waals surface area contributed by atoms with Gasteiger partial charge in [-0.25, -0.2) is 0 Å². The molecule has 0 radical (unpaired) electrons. The van der Waals surface area contributed by atoms with Gasteiger partial charge in [0.2, 0.25) is 17.5 Å². The van der Waals surface area contributed by atoms with Gasteiger partial charge in [-0.3, -0.25) is 19.4 Å². The van der Waals surface area contributed by atoms with Crippen LogP contribution in [-0.2, 0) is 4.79 Å². The molecule has 0 N–H and O–H groups in total. The standard InChI is InChI=1S/C18H16N2O4/c1-11-9-14(5-6-19-11)18(23)17(22)13-3-4-16-15(10-13)20(12(2)21)7-8-24-16/h3-6,9-10H,7-8H2,1-2H3. The summed E-state index contributed by atoms with van der Waals surface area (Å²) in [6.45, 7) is 4.02. The minimum Gasteiger partial charge on any atom is -0.490 e. The van der Waals surface area contributed by atoms with Crippen LogP contribution < -0.4 is 9.64 Å². The molecule has 0 fully saturated rings. The first-order chi connectivity index (χ1) is 11.5. The van der Waals surface area contributed by atoms with Crippen molar-refractivity contribution in [3.8, 4) is 5.75 Å². The molecule has 24 heavy (non-hydrogen) atoms. The summed E-state index contributed by atoms with van der Waals surface area (Å²) in [5.41, 5.74) is 1.70. The van der Waals surface area contributed by atoms with Gasteiger partial charge in [-0.2, -0.15) is 0 Å². The second kappa shape index (κ2) is 6.23. The molecule has 0 bridgehead atoms. The predicted molar refractivity (Wildman–Crippen MR) is 87.6 cm³/mol. The summed E-state index contributed by atoms with van der Waals surface area (Å²) >= 11 is 0. The fourth-order valence-corrected chi connectivity index (χ4v) is 2.64. The van der Waals surface area contributed by atoms with Crippen molar-refractivity contribution in [2.45, 2.75) is 13.8 Å². The third-order valence-corrected chi connectivity index (χ3v) is 3.83. The largest absolute Gasteiger partial charge is 0.490 e. The molecule has 0 saturated heterocycles. The van der Waals surface area contributed by atoms with Crippen molar-refractivity contribution >= 4 is 23.2 Å². The van der Waals surface area contributed by atoms with Crippen LogP contribution in [0.4, 0.5) is 5.69 Å². The first-order valence-corrected chi connectivity index (χ1v) is 7.54. The number of fused-ring (bicyclic) bond motifs is 1. The summed E-state index contributed by atoms with van der Waals surface area (Å²) in [5, 5.41) is 0. The molecule has 0 saturated carbocycles. The van der Waals surface area contributed by atoms with E-state index in [1.807, 2.05) is 0 Å². The Bertz CT molecular complexity index is 845. The molecule has 1 amide bonds. The normalized spacial score (nSPS) is 13.0. The summed E-state index contributed by atoms with van der Waals surface area (Å²) in [5.74, 6) is -0.843. The van der Waals surface area contributed by atoms with Crippen LogP contribution in [0.1, 0.15) is 33.3 Å². The molecule has 0 atom stereocenters. The van der Waals surface area contributed by atoms with Crippen LogP contribution >= 0.6 is 0 Å². The SMILES string of the molecule is CC(=O)N1CCOc2ccc(C(=O)C(=O)c3ccnc(C)c3)cc21. The zero-order valence-corrected chi connectivity index (χ0v) is 13.4. The molecule has 122 valence electrons. The smallest absolute Gasteiger partial charge is 0.233 e. The lowest BCUT2D eigenvalue weighted by Crippen LogP contribution is -2.36. The molecule has 0 spiro atoms. The number of Topliss-reactive ketones (excluding diaryl/α,β-unsaturated/α-hetero) is 2. The highest BCUT2D eigenvalue weighted by Gasteiger charge is 2.25. The number of benzene rings is 1. The Balaban J connectivity index is 1.95. The highest BCUT2D eigenvalue weighted by molar-refractivity contribution is 6.49. The first-order valence-electron chi connectivity index (χ1n) is 7.54. The third kappa shape index (κ3) is 2.90. The van der Waals surface area contributed by atoms with Gasteiger partial charge in [0, 0.05) is 29.9 Å². The van der Waals surface area contributed by atoms with Crippen molar-refractivity contribution in [1.82, 2.24) is 4.98 Å². The van der Waals surface area contributed by atoms with E-state index < -0.39 is 11.6 Å². The molecule has 6 nitrogen and oxygen atoms in total. The van der Waals surface area contributed by atoms with Crippen molar-refractivity contribution in [2.24, 2.45) is 0 Å². The number of nitrogens with zero attached hydrogens (tertiary/aromatic N) is 2. The zero-order chi connectivity index (χ0) is 17.3. The van der Waals surface area contributed by atoms with E-state index in [-0.39, 0.29) is 11.5 Å².